The number of ether oxygens (including phenoxy) is 1. The van der Waals surface area contributed by atoms with Crippen LogP contribution in [0.3, 0.4) is 0 Å². The molecule has 2 N–H and O–H groups in total. The summed E-state index contributed by atoms with van der Waals surface area (Å²) in [5.74, 6) is -1.22. The number of amides is 1. The van der Waals surface area contributed by atoms with E-state index in [1.807, 2.05) is 5.38 Å². The molecule has 0 aliphatic carbocycles. The number of hydrogen-bond donors (Lipinski definition) is 2. The molecule has 2 rings (SSSR count). The number of carboxylic acid groups (broad SMARTS) is 1. The third-order valence-electron chi connectivity index (χ3n) is 2.88. The van der Waals surface area contributed by atoms with Crippen molar-refractivity contribution in [3.8, 4) is 0 Å². The summed E-state index contributed by atoms with van der Waals surface area (Å²) in [6.45, 7) is 0.281. The maximum Gasteiger partial charge on any atom is 0.335 e. The van der Waals surface area contributed by atoms with Crippen molar-refractivity contribution in [3.05, 3.63) is 45.9 Å². The van der Waals surface area contributed by atoms with Crippen molar-refractivity contribution < 1.29 is 19.4 Å². The fourth-order valence-corrected chi connectivity index (χ4v) is 2.58. The van der Waals surface area contributed by atoms with Crippen LogP contribution in [0.15, 0.2) is 29.8 Å². The summed E-state index contributed by atoms with van der Waals surface area (Å²) in [5.41, 5.74) is 1.26. The molecular formula is C15H16N2O4S. The van der Waals surface area contributed by atoms with Crippen LogP contribution in [0.4, 0.5) is 5.69 Å². The summed E-state index contributed by atoms with van der Waals surface area (Å²) < 4.78 is 5.01. The first kappa shape index (κ1) is 16.1. The number of nitrogens with one attached hydrogen (secondary N) is 1. The molecule has 0 bridgehead atoms. The highest BCUT2D eigenvalue weighted by Crippen LogP contribution is 2.17. The van der Waals surface area contributed by atoms with E-state index >= 15 is 0 Å². The number of hydrogen-bond acceptors (Lipinski definition) is 5. The Morgan fingerprint density at radius 3 is 2.82 bits per heavy atom. The minimum atomic E-state index is -1.05. The molecule has 0 spiro atoms. The predicted molar refractivity (Wildman–Crippen MR) is 83.2 cm³/mol. The average Bonchev–Trinajstić information content (AvgIpc) is 2.98. The van der Waals surface area contributed by atoms with Crippen LogP contribution in [0, 0.1) is 0 Å². The van der Waals surface area contributed by atoms with Crippen molar-refractivity contribution in [1.29, 1.82) is 0 Å². The number of aryl methyl sites for hydroxylation is 1. The van der Waals surface area contributed by atoms with Crippen molar-refractivity contribution in [2.75, 3.05) is 12.4 Å². The third-order valence-corrected chi connectivity index (χ3v) is 3.72. The molecule has 1 heterocycles. The van der Waals surface area contributed by atoms with Gasteiger partial charge in [-0.1, -0.05) is 0 Å². The second-order valence-corrected chi connectivity index (χ2v) is 5.61. The number of aromatic nitrogens is 1. The van der Waals surface area contributed by atoms with Crippen LogP contribution < -0.4 is 5.32 Å². The van der Waals surface area contributed by atoms with Crippen molar-refractivity contribution in [2.24, 2.45) is 0 Å². The number of carbonyl (C=O) groups excluding carboxylic acids is 1. The minimum absolute atomic E-state index is 0.116. The predicted octanol–water partition coefficient (Wildman–Crippen LogP) is 2.56. The van der Waals surface area contributed by atoms with Gasteiger partial charge in [-0.05, 0) is 23.8 Å². The number of aromatic carboxylic acids is 1. The highest BCUT2D eigenvalue weighted by Gasteiger charge is 2.10. The van der Waals surface area contributed by atoms with E-state index in [4.69, 9.17) is 9.84 Å². The van der Waals surface area contributed by atoms with Gasteiger partial charge in [0.05, 0.1) is 17.2 Å². The zero-order valence-electron chi connectivity index (χ0n) is 12.0. The van der Waals surface area contributed by atoms with E-state index in [1.165, 1.54) is 30.6 Å². The highest BCUT2D eigenvalue weighted by molar-refractivity contribution is 7.09. The Balaban J connectivity index is 2.03. The van der Waals surface area contributed by atoms with Crippen LogP contribution in [-0.2, 0) is 22.6 Å². The fraction of sp³-hybridized carbons (Fsp3) is 0.267. The first-order valence-electron chi connectivity index (χ1n) is 6.63. The van der Waals surface area contributed by atoms with E-state index in [0.717, 1.165) is 5.01 Å². The summed E-state index contributed by atoms with van der Waals surface area (Å²) in [7, 11) is 1.53. The Bertz CT molecular complexity index is 656. The smallest absolute Gasteiger partial charge is 0.335 e. The number of carboxylic acids is 1. The highest BCUT2D eigenvalue weighted by atomic mass is 32.1. The molecule has 0 radical (unpaired) electrons. The van der Waals surface area contributed by atoms with Gasteiger partial charge in [0.15, 0.2) is 0 Å². The second-order valence-electron chi connectivity index (χ2n) is 4.63. The van der Waals surface area contributed by atoms with E-state index < -0.39 is 5.97 Å². The van der Waals surface area contributed by atoms with Crippen LogP contribution in [0.2, 0.25) is 0 Å². The van der Waals surface area contributed by atoms with E-state index in [-0.39, 0.29) is 18.1 Å². The number of benzene rings is 1. The molecular weight excluding hydrogens is 304 g/mol. The van der Waals surface area contributed by atoms with Gasteiger partial charge in [0.2, 0.25) is 5.91 Å². The molecule has 0 atom stereocenters. The lowest BCUT2D eigenvalue weighted by Gasteiger charge is -2.09. The van der Waals surface area contributed by atoms with Gasteiger partial charge in [-0.15, -0.1) is 11.3 Å². The number of anilines is 1. The largest absolute Gasteiger partial charge is 0.478 e. The Kier molecular flexibility index (Phi) is 5.62. The molecule has 0 aliphatic heterocycles. The SMILES string of the molecule is COCc1cc(NC(=O)CCc2nccs2)cc(C(=O)O)c1. The Morgan fingerprint density at radius 2 is 2.18 bits per heavy atom. The molecule has 1 aromatic carbocycles. The normalized spacial score (nSPS) is 10.4. The van der Waals surface area contributed by atoms with Crippen LogP contribution >= 0.6 is 11.3 Å². The van der Waals surface area contributed by atoms with Gasteiger partial charge in [-0.2, -0.15) is 0 Å². The molecule has 1 aromatic heterocycles. The third kappa shape index (κ3) is 4.64. The van der Waals surface area contributed by atoms with Gasteiger partial charge in [-0.3, -0.25) is 4.79 Å². The topological polar surface area (TPSA) is 88.5 Å². The van der Waals surface area contributed by atoms with E-state index in [0.29, 0.717) is 24.1 Å². The van der Waals surface area contributed by atoms with E-state index in [1.54, 1.807) is 12.3 Å². The van der Waals surface area contributed by atoms with Gasteiger partial charge >= 0.3 is 5.97 Å². The molecule has 1 amide bonds. The van der Waals surface area contributed by atoms with Crippen LogP contribution in [-0.4, -0.2) is 29.1 Å². The summed E-state index contributed by atoms with van der Waals surface area (Å²) in [5, 5.41) is 14.6. The molecule has 6 nitrogen and oxygen atoms in total. The first-order chi connectivity index (χ1) is 10.6. The van der Waals surface area contributed by atoms with Crippen LogP contribution in [0.25, 0.3) is 0 Å². The summed E-state index contributed by atoms with van der Waals surface area (Å²) in [6.07, 6.45) is 2.56. The molecule has 7 heteroatoms. The van der Waals surface area contributed by atoms with Gasteiger partial charge in [0.1, 0.15) is 0 Å². The van der Waals surface area contributed by atoms with Gasteiger partial charge in [-0.25, -0.2) is 9.78 Å². The summed E-state index contributed by atoms with van der Waals surface area (Å²) >= 11 is 1.50. The van der Waals surface area contributed by atoms with E-state index in [9.17, 15) is 9.59 Å². The van der Waals surface area contributed by atoms with Crippen LogP contribution in [0.5, 0.6) is 0 Å². The molecule has 0 saturated heterocycles. The molecule has 22 heavy (non-hydrogen) atoms. The molecule has 2 aromatic rings. The maximum atomic E-state index is 11.9. The van der Waals surface area contributed by atoms with Crippen molar-refractivity contribution >= 4 is 28.9 Å². The quantitative estimate of drug-likeness (QED) is 0.818. The van der Waals surface area contributed by atoms with E-state index in [2.05, 4.69) is 10.3 Å². The van der Waals surface area contributed by atoms with Gasteiger partial charge in [0, 0.05) is 37.2 Å². The number of methoxy groups -OCH3 is 1. The van der Waals surface area contributed by atoms with Gasteiger partial charge in [0.25, 0.3) is 0 Å². The summed E-state index contributed by atoms with van der Waals surface area (Å²) in [4.78, 5) is 27.2. The van der Waals surface area contributed by atoms with Gasteiger partial charge < -0.3 is 15.2 Å². The minimum Gasteiger partial charge on any atom is -0.478 e. The monoisotopic (exact) mass is 320 g/mol. The van der Waals surface area contributed by atoms with Crippen molar-refractivity contribution in [3.63, 3.8) is 0 Å². The number of carbonyl (C=O) groups is 2. The zero-order valence-corrected chi connectivity index (χ0v) is 12.9. The number of rotatable bonds is 7. The first-order valence-corrected chi connectivity index (χ1v) is 7.51. The Labute approximate surface area is 131 Å². The zero-order chi connectivity index (χ0) is 15.9. The molecule has 0 fully saturated rings. The Morgan fingerprint density at radius 1 is 1.36 bits per heavy atom. The number of nitrogens with zero attached hydrogens (tertiary/aromatic N) is 1. The molecule has 0 unspecified atom stereocenters. The fourth-order valence-electron chi connectivity index (χ4n) is 1.96. The lowest BCUT2D eigenvalue weighted by molar-refractivity contribution is -0.116. The van der Waals surface area contributed by atoms with Crippen molar-refractivity contribution in [2.45, 2.75) is 19.4 Å². The maximum absolute atomic E-state index is 11.9. The van der Waals surface area contributed by atoms with Crippen LogP contribution in [0.1, 0.15) is 27.3 Å². The lowest BCUT2D eigenvalue weighted by Crippen LogP contribution is -2.13. The molecule has 0 saturated carbocycles. The molecule has 116 valence electrons. The average molecular weight is 320 g/mol. The summed E-state index contributed by atoms with van der Waals surface area (Å²) in [6, 6.07) is 4.66. The number of thiazole rings is 1. The van der Waals surface area contributed by atoms with Crippen molar-refractivity contribution in [1.82, 2.24) is 4.98 Å². The standard InChI is InChI=1S/C15H16N2O4S/c1-21-9-10-6-11(15(19)20)8-12(7-10)17-13(18)2-3-14-16-4-5-22-14/h4-8H,2-3,9H2,1H3,(H,17,18)(H,19,20). The second kappa shape index (κ2) is 7.67. The molecule has 0 aliphatic rings. The lowest BCUT2D eigenvalue weighted by atomic mass is 10.1. The Hall–Kier alpha value is -2.25.